The van der Waals surface area contributed by atoms with Crippen molar-refractivity contribution in [2.45, 2.75) is 20.5 Å². The zero-order chi connectivity index (χ0) is 24.7. The maximum Gasteiger partial charge on any atom is 0.266 e. The van der Waals surface area contributed by atoms with E-state index in [2.05, 4.69) is 27.9 Å². The summed E-state index contributed by atoms with van der Waals surface area (Å²) in [5.41, 5.74) is 2.79. The molecule has 1 amide bonds. The van der Waals surface area contributed by atoms with E-state index in [4.69, 9.17) is 32.7 Å². The van der Waals surface area contributed by atoms with E-state index in [1.807, 2.05) is 37.3 Å². The first-order chi connectivity index (χ1) is 16.3. The molecule has 0 spiro atoms. The predicted octanol–water partition coefficient (Wildman–Crippen LogP) is 7.43. The Morgan fingerprint density at radius 2 is 1.91 bits per heavy atom. The minimum absolute atomic E-state index is 0.0507. The van der Waals surface area contributed by atoms with Crippen LogP contribution in [0.1, 0.15) is 23.6 Å². The molecule has 0 fully saturated rings. The van der Waals surface area contributed by atoms with E-state index >= 15 is 0 Å². The van der Waals surface area contributed by atoms with E-state index in [9.17, 15) is 10.1 Å². The Morgan fingerprint density at radius 3 is 2.62 bits per heavy atom. The Hall–Kier alpha value is -2.73. The van der Waals surface area contributed by atoms with Crippen molar-refractivity contribution in [1.82, 2.24) is 0 Å². The number of amides is 1. The molecule has 0 unspecified atom stereocenters. The molecule has 3 rings (SSSR count). The molecule has 0 saturated heterocycles. The minimum atomic E-state index is -0.526. The average molecular weight is 607 g/mol. The first-order valence-electron chi connectivity index (χ1n) is 10.3. The van der Waals surface area contributed by atoms with Gasteiger partial charge in [0.2, 0.25) is 0 Å². The van der Waals surface area contributed by atoms with Crippen LogP contribution in [0, 0.1) is 21.8 Å². The molecule has 0 atom stereocenters. The van der Waals surface area contributed by atoms with Gasteiger partial charge in [-0.1, -0.05) is 41.4 Å². The molecule has 0 saturated carbocycles. The van der Waals surface area contributed by atoms with E-state index < -0.39 is 5.91 Å². The van der Waals surface area contributed by atoms with E-state index in [1.54, 1.807) is 37.3 Å². The Kier molecular flexibility index (Phi) is 9.22. The van der Waals surface area contributed by atoms with Gasteiger partial charge in [-0.2, -0.15) is 5.26 Å². The number of anilines is 1. The lowest BCUT2D eigenvalue weighted by molar-refractivity contribution is -0.112. The SMILES string of the molecule is CCOc1cc(/C=C(\C#N)C(=O)Nc2cccc(Cl)c2C)cc(I)c1OCc1cccc(Cl)c1. The Bertz CT molecular complexity index is 1290. The summed E-state index contributed by atoms with van der Waals surface area (Å²) in [6, 6.07) is 18.2. The Balaban J connectivity index is 1.86. The first-order valence-corrected chi connectivity index (χ1v) is 12.2. The second-order valence-corrected chi connectivity index (χ2v) is 9.22. The number of hydrogen-bond acceptors (Lipinski definition) is 4. The van der Waals surface area contributed by atoms with Gasteiger partial charge in [-0.15, -0.1) is 0 Å². The van der Waals surface area contributed by atoms with Crippen molar-refractivity contribution in [2.24, 2.45) is 0 Å². The van der Waals surface area contributed by atoms with Gasteiger partial charge < -0.3 is 14.8 Å². The highest BCUT2D eigenvalue weighted by Crippen LogP contribution is 2.36. The number of nitrogens with one attached hydrogen (secondary N) is 1. The van der Waals surface area contributed by atoms with Gasteiger partial charge in [0.05, 0.1) is 10.2 Å². The van der Waals surface area contributed by atoms with Crippen LogP contribution in [0.4, 0.5) is 5.69 Å². The van der Waals surface area contributed by atoms with Gasteiger partial charge in [-0.3, -0.25) is 4.79 Å². The van der Waals surface area contributed by atoms with Crippen LogP contribution < -0.4 is 14.8 Å². The van der Waals surface area contributed by atoms with Crippen LogP contribution >= 0.6 is 45.8 Å². The van der Waals surface area contributed by atoms with Crippen LogP contribution in [-0.2, 0) is 11.4 Å². The molecule has 0 radical (unpaired) electrons. The highest BCUT2D eigenvalue weighted by molar-refractivity contribution is 14.1. The van der Waals surface area contributed by atoms with Crippen molar-refractivity contribution in [3.8, 4) is 17.6 Å². The third-order valence-electron chi connectivity index (χ3n) is 4.80. The second-order valence-electron chi connectivity index (χ2n) is 7.22. The van der Waals surface area contributed by atoms with Crippen LogP contribution in [0.25, 0.3) is 6.08 Å². The lowest BCUT2D eigenvalue weighted by Gasteiger charge is -2.15. The van der Waals surface area contributed by atoms with Gasteiger partial charge in [0, 0.05) is 15.7 Å². The fourth-order valence-corrected chi connectivity index (χ4v) is 4.27. The maximum absolute atomic E-state index is 12.7. The number of benzene rings is 3. The van der Waals surface area contributed by atoms with Crippen LogP contribution in [-0.4, -0.2) is 12.5 Å². The molecule has 0 aromatic heterocycles. The van der Waals surface area contributed by atoms with Crippen molar-refractivity contribution >= 4 is 63.5 Å². The topological polar surface area (TPSA) is 71.3 Å². The highest BCUT2D eigenvalue weighted by Gasteiger charge is 2.15. The summed E-state index contributed by atoms with van der Waals surface area (Å²) in [7, 11) is 0. The molecule has 0 bridgehead atoms. The molecule has 34 heavy (non-hydrogen) atoms. The quantitative estimate of drug-likeness (QED) is 0.164. The number of carbonyl (C=O) groups excluding carboxylic acids is 1. The smallest absolute Gasteiger partial charge is 0.266 e. The summed E-state index contributed by atoms with van der Waals surface area (Å²) in [4.78, 5) is 12.7. The summed E-state index contributed by atoms with van der Waals surface area (Å²) in [5.74, 6) is 0.574. The van der Waals surface area contributed by atoms with Gasteiger partial charge in [0.25, 0.3) is 5.91 Å². The molecule has 3 aromatic rings. The number of carbonyl (C=O) groups is 1. The molecular formula is C26H21Cl2IN2O3. The van der Waals surface area contributed by atoms with Gasteiger partial charge in [-0.05, 0) is 95.6 Å². The normalized spacial score (nSPS) is 11.0. The van der Waals surface area contributed by atoms with Crippen LogP contribution in [0.15, 0.2) is 60.2 Å². The fourth-order valence-electron chi connectivity index (χ4n) is 3.10. The van der Waals surface area contributed by atoms with Crippen molar-refractivity contribution in [2.75, 3.05) is 11.9 Å². The van der Waals surface area contributed by atoms with Crippen LogP contribution in [0.3, 0.4) is 0 Å². The third-order valence-corrected chi connectivity index (χ3v) is 6.24. The van der Waals surface area contributed by atoms with Crippen LogP contribution in [0.5, 0.6) is 11.5 Å². The number of halogens is 3. The minimum Gasteiger partial charge on any atom is -0.490 e. The summed E-state index contributed by atoms with van der Waals surface area (Å²) in [6.45, 7) is 4.41. The Labute approximate surface area is 222 Å². The highest BCUT2D eigenvalue weighted by atomic mass is 127. The molecule has 0 aliphatic rings. The number of hydrogen-bond donors (Lipinski definition) is 1. The van der Waals surface area contributed by atoms with Crippen molar-refractivity contribution in [3.05, 3.63) is 90.5 Å². The average Bonchev–Trinajstić information content (AvgIpc) is 2.80. The predicted molar refractivity (Wildman–Crippen MR) is 145 cm³/mol. The molecule has 5 nitrogen and oxygen atoms in total. The molecule has 1 N–H and O–H groups in total. The van der Waals surface area contributed by atoms with Gasteiger partial charge in [0.1, 0.15) is 18.2 Å². The molecule has 3 aromatic carbocycles. The second kappa shape index (κ2) is 12.1. The fraction of sp³-hybridized carbons (Fsp3) is 0.154. The largest absolute Gasteiger partial charge is 0.490 e. The summed E-state index contributed by atoms with van der Waals surface area (Å²) in [5, 5.41) is 13.5. The monoisotopic (exact) mass is 606 g/mol. The zero-order valence-electron chi connectivity index (χ0n) is 18.5. The van der Waals surface area contributed by atoms with Crippen molar-refractivity contribution in [3.63, 3.8) is 0 Å². The zero-order valence-corrected chi connectivity index (χ0v) is 22.2. The number of ether oxygens (including phenoxy) is 2. The Morgan fingerprint density at radius 1 is 1.15 bits per heavy atom. The van der Waals surface area contributed by atoms with Crippen molar-refractivity contribution < 1.29 is 14.3 Å². The maximum atomic E-state index is 12.7. The molecule has 0 aliphatic carbocycles. The van der Waals surface area contributed by atoms with E-state index in [-0.39, 0.29) is 5.57 Å². The number of rotatable bonds is 8. The standard InChI is InChI=1S/C26H21Cl2IN2O3/c1-3-33-24-13-18(12-22(29)25(24)34-15-17-6-4-7-20(27)11-17)10-19(14-30)26(32)31-23-9-5-8-21(28)16(23)2/h4-13H,3,15H2,1-2H3,(H,31,32)/b19-10+. The summed E-state index contributed by atoms with van der Waals surface area (Å²) in [6.07, 6.45) is 1.51. The van der Waals surface area contributed by atoms with E-state index in [0.29, 0.717) is 46.0 Å². The van der Waals surface area contributed by atoms with Crippen LogP contribution in [0.2, 0.25) is 10.0 Å². The van der Waals surface area contributed by atoms with E-state index in [1.165, 1.54) is 6.08 Å². The lowest BCUT2D eigenvalue weighted by atomic mass is 10.1. The third kappa shape index (κ3) is 6.66. The molecule has 8 heteroatoms. The van der Waals surface area contributed by atoms with Gasteiger partial charge in [0.15, 0.2) is 11.5 Å². The first kappa shape index (κ1) is 25.9. The molecule has 0 aliphatic heterocycles. The van der Waals surface area contributed by atoms with Gasteiger partial charge >= 0.3 is 0 Å². The number of nitrogens with zero attached hydrogens (tertiary/aromatic N) is 1. The van der Waals surface area contributed by atoms with Gasteiger partial charge in [-0.25, -0.2) is 0 Å². The lowest BCUT2D eigenvalue weighted by Crippen LogP contribution is -2.14. The number of nitriles is 1. The molecule has 0 heterocycles. The van der Waals surface area contributed by atoms with E-state index in [0.717, 1.165) is 14.7 Å². The summed E-state index contributed by atoms with van der Waals surface area (Å²) >= 11 is 14.3. The summed E-state index contributed by atoms with van der Waals surface area (Å²) < 4.78 is 12.6. The molecule has 174 valence electrons. The van der Waals surface area contributed by atoms with Crippen molar-refractivity contribution in [1.29, 1.82) is 5.26 Å². The molecular weight excluding hydrogens is 586 g/mol.